The molecule has 2 heterocycles. The summed E-state index contributed by atoms with van der Waals surface area (Å²) in [6.07, 6.45) is 4.72. The second-order valence-electron chi connectivity index (χ2n) is 7.67. The summed E-state index contributed by atoms with van der Waals surface area (Å²) in [4.78, 5) is 27.6. The molecular formula is C20H30N2O5. The topological polar surface area (TPSA) is 86.8 Å². The minimum atomic E-state index is -0.581. The van der Waals surface area contributed by atoms with Crippen molar-refractivity contribution in [3.63, 3.8) is 0 Å². The summed E-state index contributed by atoms with van der Waals surface area (Å²) < 4.78 is 16.8. The lowest BCUT2D eigenvalue weighted by atomic mass is 9.96. The molecule has 0 aromatic carbocycles. The predicted molar refractivity (Wildman–Crippen MR) is 102 cm³/mol. The van der Waals surface area contributed by atoms with Crippen molar-refractivity contribution in [1.82, 2.24) is 4.98 Å². The van der Waals surface area contributed by atoms with Gasteiger partial charge in [-0.25, -0.2) is 0 Å². The SMILES string of the molecule is CC(C)(C)C(=O)Nc1nc(OCCCCOC2CCCOC2)ccc1C=O. The Labute approximate surface area is 160 Å². The Morgan fingerprint density at radius 1 is 1.33 bits per heavy atom. The zero-order chi connectivity index (χ0) is 19.7. The molecule has 0 spiro atoms. The van der Waals surface area contributed by atoms with E-state index in [9.17, 15) is 9.59 Å². The molecule has 1 atom stereocenters. The van der Waals surface area contributed by atoms with Crippen molar-refractivity contribution < 1.29 is 23.8 Å². The van der Waals surface area contributed by atoms with E-state index in [0.717, 1.165) is 32.3 Å². The molecule has 27 heavy (non-hydrogen) atoms. The number of unbranched alkanes of at least 4 members (excludes halogenated alkanes) is 1. The number of hydrogen-bond donors (Lipinski definition) is 1. The van der Waals surface area contributed by atoms with Gasteiger partial charge in [0.25, 0.3) is 0 Å². The zero-order valence-electron chi connectivity index (χ0n) is 16.5. The first kappa shape index (κ1) is 21.3. The lowest BCUT2D eigenvalue weighted by Gasteiger charge is -2.22. The molecular weight excluding hydrogens is 348 g/mol. The first-order valence-electron chi connectivity index (χ1n) is 9.50. The van der Waals surface area contributed by atoms with Crippen LogP contribution >= 0.6 is 0 Å². The van der Waals surface area contributed by atoms with Gasteiger partial charge >= 0.3 is 0 Å². The molecule has 1 unspecified atom stereocenters. The minimum Gasteiger partial charge on any atom is -0.478 e. The van der Waals surface area contributed by atoms with Crippen LogP contribution < -0.4 is 10.1 Å². The first-order valence-corrected chi connectivity index (χ1v) is 9.50. The number of rotatable bonds is 9. The van der Waals surface area contributed by atoms with Crippen molar-refractivity contribution in [2.24, 2.45) is 5.41 Å². The van der Waals surface area contributed by atoms with Gasteiger partial charge in [-0.2, -0.15) is 4.98 Å². The van der Waals surface area contributed by atoms with Gasteiger partial charge in [0, 0.05) is 24.7 Å². The molecule has 0 saturated carbocycles. The van der Waals surface area contributed by atoms with Crippen molar-refractivity contribution in [2.75, 3.05) is 31.7 Å². The van der Waals surface area contributed by atoms with Crippen molar-refractivity contribution in [3.8, 4) is 5.88 Å². The minimum absolute atomic E-state index is 0.209. The van der Waals surface area contributed by atoms with Crippen LogP contribution in [0.3, 0.4) is 0 Å². The van der Waals surface area contributed by atoms with Gasteiger partial charge in [-0.1, -0.05) is 20.8 Å². The maximum Gasteiger partial charge on any atom is 0.230 e. The number of ether oxygens (including phenoxy) is 3. The standard InChI is InChI=1S/C20H30N2O5/c1-20(2,3)19(24)22-18-15(13-23)8-9-17(21-18)27-12-5-4-11-26-16-7-6-10-25-14-16/h8-9,13,16H,4-7,10-12,14H2,1-3H3,(H,21,22,24). The molecule has 1 aliphatic rings. The Hall–Kier alpha value is -1.99. The van der Waals surface area contributed by atoms with Gasteiger partial charge in [-0.15, -0.1) is 0 Å². The first-order chi connectivity index (χ1) is 12.9. The van der Waals surface area contributed by atoms with Crippen LogP contribution in [0.2, 0.25) is 0 Å². The second-order valence-corrected chi connectivity index (χ2v) is 7.67. The average molecular weight is 378 g/mol. The molecule has 0 bridgehead atoms. The number of aldehydes is 1. The van der Waals surface area contributed by atoms with Gasteiger partial charge in [-0.05, 0) is 31.7 Å². The largest absolute Gasteiger partial charge is 0.478 e. The van der Waals surface area contributed by atoms with Gasteiger partial charge in [0.2, 0.25) is 11.8 Å². The van der Waals surface area contributed by atoms with Crippen LogP contribution in [0.4, 0.5) is 5.82 Å². The zero-order valence-corrected chi connectivity index (χ0v) is 16.5. The molecule has 0 aliphatic carbocycles. The highest BCUT2D eigenvalue weighted by molar-refractivity contribution is 5.97. The number of nitrogens with one attached hydrogen (secondary N) is 1. The highest BCUT2D eigenvalue weighted by atomic mass is 16.5. The fourth-order valence-electron chi connectivity index (χ4n) is 2.50. The van der Waals surface area contributed by atoms with E-state index >= 15 is 0 Å². The summed E-state index contributed by atoms with van der Waals surface area (Å²) in [6, 6.07) is 3.23. The molecule has 2 rings (SSSR count). The van der Waals surface area contributed by atoms with E-state index in [2.05, 4.69) is 10.3 Å². The molecule has 1 saturated heterocycles. The van der Waals surface area contributed by atoms with Crippen LogP contribution in [-0.4, -0.2) is 49.7 Å². The van der Waals surface area contributed by atoms with Crippen LogP contribution in [0.5, 0.6) is 5.88 Å². The van der Waals surface area contributed by atoms with Gasteiger partial charge in [0.15, 0.2) is 6.29 Å². The Balaban J connectivity index is 1.76. The third-order valence-corrected chi connectivity index (χ3v) is 4.20. The molecule has 1 aromatic rings. The number of amides is 1. The molecule has 150 valence electrons. The van der Waals surface area contributed by atoms with Crippen molar-refractivity contribution in [2.45, 2.75) is 52.6 Å². The number of anilines is 1. The van der Waals surface area contributed by atoms with E-state index in [4.69, 9.17) is 14.2 Å². The summed E-state index contributed by atoms with van der Waals surface area (Å²) in [5.74, 6) is 0.397. The normalized spacial score (nSPS) is 17.4. The quantitative estimate of drug-likeness (QED) is 0.524. The van der Waals surface area contributed by atoms with Gasteiger partial charge < -0.3 is 19.5 Å². The Morgan fingerprint density at radius 2 is 2.11 bits per heavy atom. The highest BCUT2D eigenvalue weighted by Crippen LogP contribution is 2.21. The molecule has 0 radical (unpaired) electrons. The number of carbonyl (C=O) groups excluding carboxylic acids is 2. The molecule has 1 aromatic heterocycles. The molecule has 1 N–H and O–H groups in total. The van der Waals surface area contributed by atoms with Crippen LogP contribution in [0, 0.1) is 5.41 Å². The van der Waals surface area contributed by atoms with Crippen LogP contribution in [0.25, 0.3) is 0 Å². The van der Waals surface area contributed by atoms with Crippen molar-refractivity contribution in [1.29, 1.82) is 0 Å². The maximum absolute atomic E-state index is 12.1. The van der Waals surface area contributed by atoms with Crippen molar-refractivity contribution in [3.05, 3.63) is 17.7 Å². The van der Waals surface area contributed by atoms with Crippen LogP contribution in [-0.2, 0) is 14.3 Å². The number of carbonyl (C=O) groups is 2. The lowest BCUT2D eigenvalue weighted by Crippen LogP contribution is -2.28. The second kappa shape index (κ2) is 10.4. The Kier molecular flexibility index (Phi) is 8.19. The van der Waals surface area contributed by atoms with E-state index in [-0.39, 0.29) is 17.8 Å². The summed E-state index contributed by atoms with van der Waals surface area (Å²) in [5, 5.41) is 2.70. The lowest BCUT2D eigenvalue weighted by molar-refractivity contribution is -0.123. The fourth-order valence-corrected chi connectivity index (χ4v) is 2.50. The number of nitrogens with zero attached hydrogens (tertiary/aromatic N) is 1. The monoisotopic (exact) mass is 378 g/mol. The summed E-state index contributed by atoms with van der Waals surface area (Å²) in [6.45, 7) is 8.08. The summed E-state index contributed by atoms with van der Waals surface area (Å²) in [5.41, 5.74) is -0.259. The third-order valence-electron chi connectivity index (χ3n) is 4.20. The predicted octanol–water partition coefficient (Wildman–Crippen LogP) is 3.23. The highest BCUT2D eigenvalue weighted by Gasteiger charge is 2.23. The number of aromatic nitrogens is 1. The summed E-state index contributed by atoms with van der Waals surface area (Å²) >= 11 is 0. The van der Waals surface area contributed by atoms with Crippen molar-refractivity contribution >= 4 is 18.0 Å². The Morgan fingerprint density at radius 3 is 2.78 bits per heavy atom. The average Bonchev–Trinajstić information content (AvgIpc) is 2.65. The van der Waals surface area contributed by atoms with Crippen LogP contribution in [0.1, 0.15) is 56.8 Å². The summed E-state index contributed by atoms with van der Waals surface area (Å²) in [7, 11) is 0. The van der Waals surface area contributed by atoms with Crippen LogP contribution in [0.15, 0.2) is 12.1 Å². The molecule has 1 amide bonds. The molecule has 7 heteroatoms. The molecule has 1 aliphatic heterocycles. The maximum atomic E-state index is 12.1. The van der Waals surface area contributed by atoms with Gasteiger partial charge in [0.05, 0.1) is 24.9 Å². The molecule has 7 nitrogen and oxygen atoms in total. The number of pyridine rings is 1. The smallest absolute Gasteiger partial charge is 0.230 e. The van der Waals surface area contributed by atoms with Gasteiger partial charge in [-0.3, -0.25) is 9.59 Å². The Bertz CT molecular complexity index is 621. The van der Waals surface area contributed by atoms with Gasteiger partial charge in [0.1, 0.15) is 5.82 Å². The molecule has 1 fully saturated rings. The van der Waals surface area contributed by atoms with E-state index in [1.54, 1.807) is 32.9 Å². The third kappa shape index (κ3) is 7.27. The fraction of sp³-hybridized carbons (Fsp3) is 0.650. The van der Waals surface area contributed by atoms with E-state index < -0.39 is 5.41 Å². The van der Waals surface area contributed by atoms with E-state index in [1.165, 1.54) is 0 Å². The van der Waals surface area contributed by atoms with E-state index in [1.807, 2.05) is 0 Å². The van der Waals surface area contributed by atoms with E-state index in [0.29, 0.717) is 37.6 Å². The number of hydrogen-bond acceptors (Lipinski definition) is 6.